The Bertz CT molecular complexity index is 1150. The monoisotopic (exact) mass is 447 g/mol. The van der Waals surface area contributed by atoms with Gasteiger partial charge in [-0.3, -0.25) is 9.59 Å². The second-order valence-corrected chi connectivity index (χ2v) is 7.54. The predicted molar refractivity (Wildman–Crippen MR) is 121 cm³/mol. The van der Waals surface area contributed by atoms with E-state index in [2.05, 4.69) is 5.32 Å². The summed E-state index contributed by atoms with van der Waals surface area (Å²) in [6, 6.07) is 19.6. The van der Waals surface area contributed by atoms with E-state index in [-0.39, 0.29) is 13.0 Å². The van der Waals surface area contributed by atoms with Crippen molar-refractivity contribution in [1.29, 1.82) is 0 Å². The second kappa shape index (κ2) is 9.52. The van der Waals surface area contributed by atoms with Crippen LogP contribution in [-0.4, -0.2) is 35.9 Å². The number of hydrogen-bond acceptors (Lipinski definition) is 4. The van der Waals surface area contributed by atoms with E-state index in [1.807, 2.05) is 0 Å². The molecule has 8 heteroatoms. The number of benzene rings is 3. The zero-order valence-electron chi connectivity index (χ0n) is 17.9. The minimum Gasteiger partial charge on any atom is -0.497 e. The van der Waals surface area contributed by atoms with Crippen molar-refractivity contribution < 1.29 is 23.5 Å². The molecule has 0 bridgehead atoms. The summed E-state index contributed by atoms with van der Waals surface area (Å²) in [4.78, 5) is 41.7. The summed E-state index contributed by atoms with van der Waals surface area (Å²) in [5.74, 6) is -0.686. The van der Waals surface area contributed by atoms with Gasteiger partial charge >= 0.3 is 6.03 Å². The van der Waals surface area contributed by atoms with Crippen molar-refractivity contribution in [2.75, 3.05) is 17.3 Å². The average Bonchev–Trinajstić information content (AvgIpc) is 3.05. The van der Waals surface area contributed by atoms with E-state index in [1.54, 1.807) is 61.7 Å². The molecule has 1 atom stereocenters. The first-order valence-electron chi connectivity index (χ1n) is 10.3. The van der Waals surface area contributed by atoms with Gasteiger partial charge in [0.1, 0.15) is 17.6 Å². The van der Waals surface area contributed by atoms with Gasteiger partial charge in [0.2, 0.25) is 5.91 Å². The molecular weight excluding hydrogens is 425 g/mol. The van der Waals surface area contributed by atoms with Crippen LogP contribution in [0.4, 0.5) is 20.6 Å². The molecule has 4 rings (SSSR count). The van der Waals surface area contributed by atoms with E-state index < -0.39 is 29.7 Å². The molecule has 0 aliphatic carbocycles. The summed E-state index contributed by atoms with van der Waals surface area (Å²) in [6.07, 6.45) is -0.235. The lowest BCUT2D eigenvalue weighted by atomic mass is 10.1. The van der Waals surface area contributed by atoms with E-state index in [0.717, 1.165) is 10.5 Å². The first kappa shape index (κ1) is 22.0. The topological polar surface area (TPSA) is 79.0 Å². The molecule has 4 amide bonds. The quantitative estimate of drug-likeness (QED) is 0.551. The Morgan fingerprint density at radius 3 is 2.27 bits per heavy atom. The molecule has 0 spiro atoms. The van der Waals surface area contributed by atoms with Crippen LogP contribution in [0, 0.1) is 5.82 Å². The molecule has 0 aromatic heterocycles. The Morgan fingerprint density at radius 1 is 0.970 bits per heavy atom. The number of carbonyl (C=O) groups excluding carboxylic acids is 3. The number of nitrogens with one attached hydrogen (secondary N) is 1. The molecule has 33 heavy (non-hydrogen) atoms. The molecule has 168 valence electrons. The van der Waals surface area contributed by atoms with Gasteiger partial charge in [-0.1, -0.05) is 30.3 Å². The molecule has 1 aliphatic rings. The number of ether oxygens (including phenoxy) is 1. The normalized spacial score (nSPS) is 15.6. The van der Waals surface area contributed by atoms with Gasteiger partial charge in [-0.25, -0.2) is 14.1 Å². The zero-order valence-corrected chi connectivity index (χ0v) is 17.9. The fraction of sp³-hybridized carbons (Fsp3) is 0.160. The van der Waals surface area contributed by atoms with Crippen molar-refractivity contribution in [1.82, 2.24) is 4.90 Å². The number of amides is 4. The third kappa shape index (κ3) is 4.85. The summed E-state index contributed by atoms with van der Waals surface area (Å²) >= 11 is 0. The molecular formula is C25H22FN3O4. The standard InChI is InChI=1S/C25H22FN3O4/c1-33-21-13-7-17(8-14-21)16-28-22(15-23(30)27-19-11-9-18(26)10-12-19)24(31)29(25(28)32)20-5-3-2-4-6-20/h2-14,22H,15-16H2,1H3,(H,27,30). The molecule has 3 aromatic carbocycles. The van der Waals surface area contributed by atoms with Crippen LogP contribution in [0.5, 0.6) is 5.75 Å². The van der Waals surface area contributed by atoms with Crippen LogP contribution in [0.3, 0.4) is 0 Å². The third-order valence-electron chi connectivity index (χ3n) is 5.35. The lowest BCUT2D eigenvalue weighted by molar-refractivity contribution is -0.124. The molecule has 3 aromatic rings. The molecule has 1 aliphatic heterocycles. The van der Waals surface area contributed by atoms with Crippen molar-refractivity contribution >= 4 is 29.2 Å². The summed E-state index contributed by atoms with van der Waals surface area (Å²) in [5.41, 5.74) is 1.63. The van der Waals surface area contributed by atoms with Gasteiger partial charge < -0.3 is 15.0 Å². The number of anilines is 2. The van der Waals surface area contributed by atoms with E-state index in [9.17, 15) is 18.8 Å². The molecule has 0 radical (unpaired) electrons. The second-order valence-electron chi connectivity index (χ2n) is 7.54. The first-order valence-corrected chi connectivity index (χ1v) is 10.3. The van der Waals surface area contributed by atoms with Gasteiger partial charge in [-0.05, 0) is 54.1 Å². The van der Waals surface area contributed by atoms with E-state index in [0.29, 0.717) is 17.1 Å². The van der Waals surface area contributed by atoms with Gasteiger partial charge in [-0.2, -0.15) is 0 Å². The maximum atomic E-state index is 13.3. The van der Waals surface area contributed by atoms with Gasteiger partial charge in [0.25, 0.3) is 5.91 Å². The van der Waals surface area contributed by atoms with Crippen LogP contribution in [0.15, 0.2) is 78.9 Å². The number of halogens is 1. The number of imide groups is 1. The van der Waals surface area contributed by atoms with Gasteiger partial charge in [0.15, 0.2) is 0 Å². The van der Waals surface area contributed by atoms with Crippen LogP contribution in [0.2, 0.25) is 0 Å². The molecule has 1 fully saturated rings. The highest BCUT2D eigenvalue weighted by molar-refractivity contribution is 6.22. The van der Waals surface area contributed by atoms with Crippen molar-refractivity contribution in [2.24, 2.45) is 0 Å². The lowest BCUT2D eigenvalue weighted by Crippen LogP contribution is -2.37. The van der Waals surface area contributed by atoms with Crippen LogP contribution < -0.4 is 15.0 Å². The largest absolute Gasteiger partial charge is 0.497 e. The summed E-state index contributed by atoms with van der Waals surface area (Å²) in [5, 5.41) is 2.65. The maximum Gasteiger partial charge on any atom is 0.332 e. The number of methoxy groups -OCH3 is 1. The molecule has 1 saturated heterocycles. The Balaban J connectivity index is 1.58. The van der Waals surface area contributed by atoms with Gasteiger partial charge in [0, 0.05) is 12.2 Å². The minimum atomic E-state index is -0.986. The number of hydrogen-bond donors (Lipinski definition) is 1. The Hall–Kier alpha value is -4.20. The van der Waals surface area contributed by atoms with Crippen molar-refractivity contribution in [2.45, 2.75) is 19.0 Å². The van der Waals surface area contributed by atoms with Crippen LogP contribution in [-0.2, 0) is 16.1 Å². The van der Waals surface area contributed by atoms with Gasteiger partial charge in [0.05, 0.1) is 19.2 Å². The van der Waals surface area contributed by atoms with Crippen molar-refractivity contribution in [3.05, 3.63) is 90.2 Å². The fourth-order valence-electron chi connectivity index (χ4n) is 3.68. The molecule has 1 unspecified atom stereocenters. The van der Waals surface area contributed by atoms with E-state index in [1.165, 1.54) is 29.2 Å². The van der Waals surface area contributed by atoms with Crippen LogP contribution in [0.1, 0.15) is 12.0 Å². The van der Waals surface area contributed by atoms with Crippen LogP contribution in [0.25, 0.3) is 0 Å². The highest BCUT2D eigenvalue weighted by atomic mass is 19.1. The van der Waals surface area contributed by atoms with E-state index in [4.69, 9.17) is 4.74 Å². The SMILES string of the molecule is COc1ccc(CN2C(=O)N(c3ccccc3)C(=O)C2CC(=O)Nc2ccc(F)cc2)cc1. The summed E-state index contributed by atoms with van der Waals surface area (Å²) in [7, 11) is 1.56. The minimum absolute atomic E-state index is 0.145. The Kier molecular flexibility index (Phi) is 6.35. The molecule has 0 saturated carbocycles. The number of nitrogens with zero attached hydrogens (tertiary/aromatic N) is 2. The lowest BCUT2D eigenvalue weighted by Gasteiger charge is -2.22. The average molecular weight is 447 g/mol. The Morgan fingerprint density at radius 2 is 1.64 bits per heavy atom. The smallest absolute Gasteiger partial charge is 0.332 e. The highest BCUT2D eigenvalue weighted by Crippen LogP contribution is 2.29. The number of rotatable bonds is 7. The van der Waals surface area contributed by atoms with Gasteiger partial charge in [-0.15, -0.1) is 0 Å². The third-order valence-corrected chi connectivity index (χ3v) is 5.35. The van der Waals surface area contributed by atoms with Crippen molar-refractivity contribution in [3.63, 3.8) is 0 Å². The summed E-state index contributed by atoms with van der Waals surface area (Å²) in [6.45, 7) is 0.145. The van der Waals surface area contributed by atoms with Crippen molar-refractivity contribution in [3.8, 4) is 5.75 Å². The zero-order chi connectivity index (χ0) is 23.4. The number of carbonyl (C=O) groups is 3. The number of urea groups is 1. The maximum absolute atomic E-state index is 13.3. The Labute approximate surface area is 190 Å². The predicted octanol–water partition coefficient (Wildman–Crippen LogP) is 4.20. The van der Waals surface area contributed by atoms with E-state index >= 15 is 0 Å². The van der Waals surface area contributed by atoms with Crippen LogP contribution >= 0.6 is 0 Å². The molecule has 1 heterocycles. The number of para-hydroxylation sites is 1. The highest BCUT2D eigenvalue weighted by Gasteiger charge is 2.46. The molecule has 7 nitrogen and oxygen atoms in total. The fourth-order valence-corrected chi connectivity index (χ4v) is 3.68. The summed E-state index contributed by atoms with van der Waals surface area (Å²) < 4.78 is 18.3. The molecule has 1 N–H and O–H groups in total. The first-order chi connectivity index (χ1) is 16.0.